The summed E-state index contributed by atoms with van der Waals surface area (Å²) in [6.45, 7) is 8.12. The van der Waals surface area contributed by atoms with Crippen LogP contribution in [0, 0.1) is 0 Å². The fraction of sp³-hybridized carbons (Fsp3) is 0.500. The second kappa shape index (κ2) is 9.77. The molecule has 2 aromatic heterocycles. The summed E-state index contributed by atoms with van der Waals surface area (Å²) in [5.41, 5.74) is 4.77. The van der Waals surface area contributed by atoms with Gasteiger partial charge in [0.05, 0.1) is 12.7 Å². The minimum Gasteiger partial charge on any atom is -0.465 e. The number of esters is 1. The average molecular weight is 396 g/mol. The van der Waals surface area contributed by atoms with Crippen LogP contribution in [0.4, 0.5) is 0 Å². The molecule has 4 rings (SSSR count). The number of hydrogen-bond acceptors (Lipinski definition) is 3. The number of rotatable bonds is 6. The average Bonchev–Trinajstić information content (AvgIpc) is 3.37. The van der Waals surface area contributed by atoms with Gasteiger partial charge in [0.1, 0.15) is 5.82 Å². The third kappa shape index (κ3) is 4.24. The Balaban J connectivity index is 0.00000117. The van der Waals surface area contributed by atoms with Gasteiger partial charge in [-0.2, -0.15) is 0 Å². The summed E-state index contributed by atoms with van der Waals surface area (Å²) in [4.78, 5) is 16.4. The van der Waals surface area contributed by atoms with Gasteiger partial charge in [-0.15, -0.1) is 0 Å². The van der Waals surface area contributed by atoms with Crippen LogP contribution < -0.4 is 0 Å². The molecule has 2 heterocycles. The Morgan fingerprint density at radius 1 is 1.17 bits per heavy atom. The maximum absolute atomic E-state index is 12.0. The first-order valence-corrected chi connectivity index (χ1v) is 10.9. The second-order valence-corrected chi connectivity index (χ2v) is 7.25. The van der Waals surface area contributed by atoms with Crippen LogP contribution in [-0.4, -0.2) is 27.2 Å². The molecule has 1 aromatic carbocycles. The van der Waals surface area contributed by atoms with Gasteiger partial charge in [-0.1, -0.05) is 20.8 Å². The Bertz CT molecular complexity index is 968. The van der Waals surface area contributed by atoms with E-state index >= 15 is 0 Å². The summed E-state index contributed by atoms with van der Waals surface area (Å²) in [6.07, 6.45) is 10.7. The van der Waals surface area contributed by atoms with Gasteiger partial charge in [0.2, 0.25) is 0 Å². The van der Waals surface area contributed by atoms with Crippen molar-refractivity contribution >= 4 is 16.9 Å². The van der Waals surface area contributed by atoms with Gasteiger partial charge >= 0.3 is 5.97 Å². The van der Waals surface area contributed by atoms with Crippen LogP contribution in [0.15, 0.2) is 30.6 Å². The zero-order chi connectivity index (χ0) is 20.8. The molecular weight excluding hydrogens is 362 g/mol. The van der Waals surface area contributed by atoms with Gasteiger partial charge in [-0.3, -0.25) is 0 Å². The molecule has 0 amide bonds. The van der Waals surface area contributed by atoms with Crippen LogP contribution in [-0.2, 0) is 37.1 Å². The lowest BCUT2D eigenvalue weighted by molar-refractivity contribution is 0.0601. The van der Waals surface area contributed by atoms with E-state index in [9.17, 15) is 4.79 Å². The van der Waals surface area contributed by atoms with Crippen molar-refractivity contribution in [1.29, 1.82) is 0 Å². The number of ether oxygens (including phenoxy) is 1. The van der Waals surface area contributed by atoms with E-state index in [0.29, 0.717) is 5.56 Å². The van der Waals surface area contributed by atoms with Crippen molar-refractivity contribution in [3.05, 3.63) is 53.2 Å². The minimum atomic E-state index is -0.263. The Morgan fingerprint density at radius 2 is 1.97 bits per heavy atom. The molecule has 5 nitrogen and oxygen atoms in total. The molecule has 0 N–H and O–H groups in total. The van der Waals surface area contributed by atoms with Crippen LogP contribution in [0.1, 0.15) is 67.5 Å². The van der Waals surface area contributed by atoms with Crippen molar-refractivity contribution in [2.24, 2.45) is 0 Å². The van der Waals surface area contributed by atoms with Crippen LogP contribution in [0.25, 0.3) is 10.9 Å². The Labute approximate surface area is 173 Å². The summed E-state index contributed by atoms with van der Waals surface area (Å²) in [7, 11) is 1.44. The largest absolute Gasteiger partial charge is 0.465 e. The topological polar surface area (TPSA) is 49.0 Å². The van der Waals surface area contributed by atoms with Crippen LogP contribution in [0.5, 0.6) is 0 Å². The first kappa shape index (κ1) is 21.2. The molecule has 0 bridgehead atoms. The third-order valence-corrected chi connectivity index (χ3v) is 5.70. The van der Waals surface area contributed by atoms with E-state index in [1.54, 1.807) is 0 Å². The van der Waals surface area contributed by atoms with Gasteiger partial charge in [-0.25, -0.2) is 9.78 Å². The molecule has 3 aromatic rings. The highest BCUT2D eigenvalue weighted by Gasteiger charge is 2.21. The Morgan fingerprint density at radius 3 is 2.72 bits per heavy atom. The number of aromatic nitrogens is 3. The summed E-state index contributed by atoms with van der Waals surface area (Å²) >= 11 is 0. The summed E-state index contributed by atoms with van der Waals surface area (Å²) < 4.78 is 9.65. The number of aryl methyl sites for hydroxylation is 4. The van der Waals surface area contributed by atoms with Gasteiger partial charge in [0.25, 0.3) is 0 Å². The van der Waals surface area contributed by atoms with Crippen molar-refractivity contribution in [2.45, 2.75) is 72.4 Å². The number of hydrogen-bond donors (Lipinski definition) is 0. The molecule has 0 atom stereocenters. The fourth-order valence-corrected chi connectivity index (χ4v) is 4.39. The molecule has 0 spiro atoms. The lowest BCUT2D eigenvalue weighted by atomic mass is 9.95. The zero-order valence-electron chi connectivity index (χ0n) is 18.2. The number of carbonyl (C=O) groups excluding carboxylic acids is 1. The molecule has 1 aliphatic rings. The van der Waals surface area contributed by atoms with Crippen LogP contribution >= 0.6 is 0 Å². The second-order valence-electron chi connectivity index (χ2n) is 7.25. The maximum Gasteiger partial charge on any atom is 0.337 e. The van der Waals surface area contributed by atoms with Crippen molar-refractivity contribution in [3.63, 3.8) is 0 Å². The normalized spacial score (nSPS) is 13.0. The van der Waals surface area contributed by atoms with Crippen molar-refractivity contribution in [3.8, 4) is 0 Å². The molecular formula is C24H33N3O2. The van der Waals surface area contributed by atoms with Crippen molar-refractivity contribution in [2.75, 3.05) is 7.11 Å². The number of nitrogens with zero attached hydrogens (tertiary/aromatic N) is 3. The summed E-state index contributed by atoms with van der Waals surface area (Å²) in [5.74, 6) is 0.888. The van der Waals surface area contributed by atoms with Gasteiger partial charge in [0, 0.05) is 48.5 Å². The molecule has 5 heteroatoms. The lowest BCUT2D eigenvalue weighted by Gasteiger charge is -2.16. The van der Waals surface area contributed by atoms with Gasteiger partial charge in [0.15, 0.2) is 0 Å². The highest BCUT2D eigenvalue weighted by molar-refractivity contribution is 5.96. The van der Waals surface area contributed by atoms with Crippen LogP contribution in [0.3, 0.4) is 0 Å². The summed E-state index contributed by atoms with van der Waals surface area (Å²) in [6, 6.07) is 6.00. The number of fused-ring (bicyclic) bond motifs is 3. The van der Waals surface area contributed by atoms with Crippen LogP contribution in [0.2, 0.25) is 0 Å². The predicted octanol–water partition coefficient (Wildman–Crippen LogP) is 5.18. The molecule has 0 aliphatic heterocycles. The van der Waals surface area contributed by atoms with E-state index in [1.807, 2.05) is 32.2 Å². The zero-order valence-corrected chi connectivity index (χ0v) is 18.2. The van der Waals surface area contributed by atoms with Crippen molar-refractivity contribution in [1.82, 2.24) is 14.1 Å². The molecule has 0 unspecified atom stereocenters. The molecule has 0 radical (unpaired) electrons. The first-order chi connectivity index (χ1) is 14.2. The quantitative estimate of drug-likeness (QED) is 0.540. The highest BCUT2D eigenvalue weighted by Crippen LogP contribution is 2.33. The van der Waals surface area contributed by atoms with Gasteiger partial charge < -0.3 is 13.9 Å². The SMILES string of the molecule is CC.CCc1nccn1CCCn1c2c(c3cc(C(=O)OC)ccc31)CCCC2. The molecule has 29 heavy (non-hydrogen) atoms. The number of imidazole rings is 1. The smallest absolute Gasteiger partial charge is 0.337 e. The lowest BCUT2D eigenvalue weighted by Crippen LogP contribution is -2.11. The first-order valence-electron chi connectivity index (χ1n) is 10.9. The third-order valence-electron chi connectivity index (χ3n) is 5.70. The molecule has 0 saturated heterocycles. The molecule has 1 aliphatic carbocycles. The minimum absolute atomic E-state index is 0.263. The van der Waals surface area contributed by atoms with E-state index in [1.165, 1.54) is 42.1 Å². The monoisotopic (exact) mass is 395 g/mol. The highest BCUT2D eigenvalue weighted by atomic mass is 16.5. The van der Waals surface area contributed by atoms with Gasteiger partial charge in [-0.05, 0) is 55.9 Å². The predicted molar refractivity (Wildman–Crippen MR) is 117 cm³/mol. The van der Waals surface area contributed by atoms with E-state index in [2.05, 4.69) is 33.3 Å². The summed E-state index contributed by atoms with van der Waals surface area (Å²) in [5, 5.41) is 1.23. The number of benzene rings is 1. The fourth-order valence-electron chi connectivity index (χ4n) is 4.39. The Hall–Kier alpha value is -2.56. The number of carbonyl (C=O) groups is 1. The standard InChI is InChI=1S/C22H27N3O2.C2H6/c1-3-21-23-11-14-24(21)12-6-13-25-19-8-5-4-7-17(19)18-15-16(22(26)27-2)9-10-20(18)25;1-2/h9-11,14-15H,3-8,12-13H2,1-2H3;1-2H3. The number of methoxy groups -OCH3 is 1. The molecule has 156 valence electrons. The van der Waals surface area contributed by atoms with E-state index < -0.39 is 0 Å². The maximum atomic E-state index is 12.0. The Kier molecular flexibility index (Phi) is 7.13. The molecule has 0 saturated carbocycles. The van der Waals surface area contributed by atoms with E-state index in [0.717, 1.165) is 44.6 Å². The van der Waals surface area contributed by atoms with Crippen molar-refractivity contribution < 1.29 is 9.53 Å². The van der Waals surface area contributed by atoms with E-state index in [-0.39, 0.29) is 5.97 Å². The van der Waals surface area contributed by atoms with E-state index in [4.69, 9.17) is 4.74 Å². The molecule has 0 fully saturated rings.